The molecule has 0 spiro atoms. The maximum Gasteiger partial charge on any atom is 0.330 e. The fraction of sp³-hybridized carbons (Fsp3) is 0.855. The van der Waals surface area contributed by atoms with Crippen LogP contribution in [0.1, 0.15) is 89.9 Å². The second-order valence-electron chi connectivity index (χ2n) is 23.6. The van der Waals surface area contributed by atoms with E-state index in [1.807, 2.05) is 0 Å². The van der Waals surface area contributed by atoms with E-state index in [0.29, 0.717) is 51.4 Å². The largest absolute Gasteiger partial charge is 0.481 e. The Hall–Kier alpha value is -3.48. The van der Waals surface area contributed by atoms with Crippen LogP contribution in [-0.4, -0.2) is 280 Å². The molecule has 0 aromatic carbocycles. The summed E-state index contributed by atoms with van der Waals surface area (Å²) in [5.41, 5.74) is 0. The van der Waals surface area contributed by atoms with Crippen molar-refractivity contribution in [2.75, 3.05) is 26.9 Å². The molecule has 4 aliphatic carbocycles. The number of hydrogen-bond acceptors (Lipinski definition) is 27. The molecular weight excluding hydrogens is 1120 g/mol. The standard InChI is InChI=1S/C55H84O29/c1-74-34-14-24(4-10-30(34)60)6-13-41(65)83-51-47(71)43(67)36(20-56)80-55(51)84-52-48(72)45(69)38(21-75-40(64)12-5-23-2-8-26(57)9-3-23)82-54(52)79-35-18-28-32(77-50(35)25-7-11-29(59)31(61)15-25)16-27(58)17-33(28)78-53-49(73)46(70)44(68)37(81-53)22-76-42(66)19-39(62)63/h5-6,12-13,23-38,43-61,67-73H,2-4,7-11,14-22H2,1H3,(H,62,63)/p+1/t23?,24?,25?,26?,27?,28?,29?,30?,31?,32?,33?,34?,35?,36-,37-,38-,43-,44-,45-,46+,47+,48+,49-,50?,51-,52-,53-,54-,55+/m1/s1. The van der Waals surface area contributed by atoms with E-state index in [9.17, 15) is 85.6 Å². The van der Waals surface area contributed by atoms with Gasteiger partial charge in [-0.25, -0.2) is 9.59 Å². The van der Waals surface area contributed by atoms with E-state index < -0.39 is 215 Å². The number of carboxylic acid groups (broad SMARTS) is 1. The van der Waals surface area contributed by atoms with E-state index in [4.69, 9.17) is 57.2 Å². The SMILES string of the molecule is COC1CC(C=CC(=O)O[C@H]2[C@H](O[C@H]3[C@H](OC4CC5C(O[C@@H]6O[C@H](COC(=O)CC(=O)O)[C@@H](O)[C@H](O)[C@H]6O)CC(O)CC5[OH+]C4C4CCC(O)C(O)C4)O[C@H](COC(=O)C=CC4CCC(O)CC4)[C@@H](O)[C@@H]3O)O[C@H](CO)[C@@H](O)[C@@H]2O)CCC1O. The number of methoxy groups -OCH3 is 1. The Labute approximate surface area is 483 Å². The number of fused-ring (bicyclic) bond motifs is 1. The van der Waals surface area contributed by atoms with Crippen LogP contribution in [0, 0.1) is 23.7 Å². The minimum atomic E-state index is -2.06. The van der Waals surface area contributed by atoms with Gasteiger partial charge in [0.2, 0.25) is 0 Å². The molecule has 8 rings (SSSR count). The van der Waals surface area contributed by atoms with Crippen molar-refractivity contribution in [1.82, 2.24) is 0 Å². The highest BCUT2D eigenvalue weighted by molar-refractivity contribution is 5.90. The highest BCUT2D eigenvalue weighted by Gasteiger charge is 2.59. The number of aliphatic carboxylic acids is 1. The molecular formula is C55H85O29+. The van der Waals surface area contributed by atoms with Crippen molar-refractivity contribution in [3.05, 3.63) is 24.3 Å². The smallest absolute Gasteiger partial charge is 0.330 e. The molecule has 4 saturated carbocycles. The van der Waals surface area contributed by atoms with E-state index in [1.54, 1.807) is 6.08 Å². The van der Waals surface area contributed by atoms with Crippen LogP contribution in [0.4, 0.5) is 0 Å². The summed E-state index contributed by atoms with van der Waals surface area (Å²) < 4.78 is 64.4. The number of hydrogen-bond donors (Lipinski definition) is 14. The summed E-state index contributed by atoms with van der Waals surface area (Å²) in [7, 11) is 1.45. The van der Waals surface area contributed by atoms with Crippen LogP contribution in [0.3, 0.4) is 0 Å². The molecule has 4 heterocycles. The van der Waals surface area contributed by atoms with Gasteiger partial charge in [-0.15, -0.1) is 0 Å². The van der Waals surface area contributed by atoms with Crippen molar-refractivity contribution in [3.8, 4) is 0 Å². The average Bonchev–Trinajstić information content (AvgIpc) is 2.37. The van der Waals surface area contributed by atoms with Gasteiger partial charge in [-0.1, -0.05) is 12.2 Å². The normalized spacial score (nSPS) is 45.8. The third-order valence-corrected chi connectivity index (χ3v) is 17.8. The fourth-order valence-corrected chi connectivity index (χ4v) is 12.9. The lowest BCUT2D eigenvalue weighted by Crippen LogP contribution is -2.66. The molecule has 8 fully saturated rings. The molecule has 29 nitrogen and oxygen atoms in total. The molecule has 4 saturated heterocycles. The van der Waals surface area contributed by atoms with Gasteiger partial charge in [0.25, 0.3) is 0 Å². The third-order valence-electron chi connectivity index (χ3n) is 17.8. The number of carbonyl (C=O) groups excluding carboxylic acids is 3. The molecule has 0 amide bonds. The minimum Gasteiger partial charge on any atom is -0.481 e. The second kappa shape index (κ2) is 30.1. The number of carbonyl (C=O) groups is 4. The average molecular weight is 1210 g/mol. The molecule has 0 aromatic rings. The molecule has 15 N–H and O–H groups in total. The molecule has 12 unspecified atom stereocenters. The van der Waals surface area contributed by atoms with Crippen LogP contribution >= 0.6 is 0 Å². The predicted molar refractivity (Wildman–Crippen MR) is 277 cm³/mol. The molecule has 27 atom stereocenters. The van der Waals surface area contributed by atoms with Crippen LogP contribution in [0.25, 0.3) is 0 Å². The zero-order chi connectivity index (χ0) is 60.7. The van der Waals surface area contributed by atoms with Gasteiger partial charge in [-0.3, -0.25) is 9.59 Å². The number of rotatable bonds is 20. The van der Waals surface area contributed by atoms with E-state index in [-0.39, 0.29) is 43.9 Å². The number of aliphatic hydroxyl groups is 15. The fourth-order valence-electron chi connectivity index (χ4n) is 12.9. The van der Waals surface area contributed by atoms with Gasteiger partial charge in [-0.05, 0) is 82.5 Å². The Bertz CT molecular complexity index is 2200. The molecule has 29 heteroatoms. The third kappa shape index (κ3) is 16.6. The summed E-state index contributed by atoms with van der Waals surface area (Å²) >= 11 is 0. The first-order valence-corrected chi connectivity index (χ1v) is 29.1. The van der Waals surface area contributed by atoms with Gasteiger partial charge in [0, 0.05) is 38.0 Å². The topological polar surface area (TPSA) is 457 Å². The lowest BCUT2D eigenvalue weighted by Gasteiger charge is -2.51. The number of allylic oxidation sites excluding steroid dienone is 2. The first kappa shape index (κ1) is 66.5. The van der Waals surface area contributed by atoms with Crippen LogP contribution in [-0.2, 0) is 66.5 Å². The predicted octanol–water partition coefficient (Wildman–Crippen LogP) is -4.89. The van der Waals surface area contributed by atoms with Crippen molar-refractivity contribution in [2.24, 2.45) is 23.7 Å². The monoisotopic (exact) mass is 1210 g/mol. The van der Waals surface area contributed by atoms with Gasteiger partial charge < -0.3 is 124 Å². The molecule has 0 bridgehead atoms. The number of esters is 3. The highest BCUT2D eigenvalue weighted by Crippen LogP contribution is 2.45. The number of ether oxygens (including phenoxy) is 11. The Morgan fingerprint density at radius 3 is 1.81 bits per heavy atom. The highest BCUT2D eigenvalue weighted by atomic mass is 16.8. The summed E-state index contributed by atoms with van der Waals surface area (Å²) in [6.07, 6.45) is -28.3. The first-order valence-electron chi connectivity index (χ1n) is 29.1. The molecule has 0 radical (unpaired) electrons. The lowest BCUT2D eigenvalue weighted by atomic mass is 9.72. The van der Waals surface area contributed by atoms with E-state index in [2.05, 4.69) is 0 Å². The zero-order valence-corrected chi connectivity index (χ0v) is 46.5. The molecule has 478 valence electrons. The molecule has 4 aliphatic heterocycles. The van der Waals surface area contributed by atoms with Crippen molar-refractivity contribution in [3.63, 3.8) is 0 Å². The van der Waals surface area contributed by atoms with Crippen LogP contribution < -0.4 is 0 Å². The lowest BCUT2D eigenvalue weighted by molar-refractivity contribution is -0.390. The maximum atomic E-state index is 13.6. The molecule has 84 heavy (non-hydrogen) atoms. The summed E-state index contributed by atoms with van der Waals surface area (Å²) in [4.78, 5) is 49.9. The van der Waals surface area contributed by atoms with Gasteiger partial charge in [0.05, 0.1) is 55.3 Å². The molecule has 0 aromatic heterocycles. The second-order valence-corrected chi connectivity index (χ2v) is 23.6. The van der Waals surface area contributed by atoms with Gasteiger partial charge >= 0.3 is 23.9 Å². The Kier molecular flexibility index (Phi) is 23.9. The maximum absolute atomic E-state index is 13.6. The summed E-state index contributed by atoms with van der Waals surface area (Å²) in [5, 5.41) is 152. The summed E-state index contributed by atoms with van der Waals surface area (Å²) in [5.74, 6) is -6.11. The van der Waals surface area contributed by atoms with E-state index in [1.165, 1.54) is 19.3 Å². The first-order chi connectivity index (χ1) is 40.0. The summed E-state index contributed by atoms with van der Waals surface area (Å²) in [6, 6.07) is 0. The Morgan fingerprint density at radius 2 is 1.12 bits per heavy atom. The zero-order valence-electron chi connectivity index (χ0n) is 46.5. The Balaban J connectivity index is 1.08. The van der Waals surface area contributed by atoms with Crippen molar-refractivity contribution in [1.29, 1.82) is 0 Å². The van der Waals surface area contributed by atoms with Crippen molar-refractivity contribution >= 4 is 23.9 Å². The Morgan fingerprint density at radius 1 is 0.524 bits per heavy atom. The van der Waals surface area contributed by atoms with Gasteiger partial charge in [0.1, 0.15) is 92.9 Å². The van der Waals surface area contributed by atoms with Crippen molar-refractivity contribution < 1.29 is 143 Å². The quantitative estimate of drug-likeness (QED) is 0.0179. The number of aliphatic hydroxyl groups excluding tert-OH is 13. The van der Waals surface area contributed by atoms with E-state index in [0.717, 1.165) is 6.08 Å². The minimum absolute atomic E-state index is 0.00592. The molecule has 8 aliphatic rings. The summed E-state index contributed by atoms with van der Waals surface area (Å²) in [6.45, 7) is -2.34. The van der Waals surface area contributed by atoms with Crippen LogP contribution in [0.2, 0.25) is 0 Å². The van der Waals surface area contributed by atoms with E-state index >= 15 is 0 Å². The van der Waals surface area contributed by atoms with Gasteiger partial charge in [0.15, 0.2) is 37.2 Å². The van der Waals surface area contributed by atoms with Crippen LogP contribution in [0.15, 0.2) is 24.3 Å². The number of carboxylic acids is 1. The van der Waals surface area contributed by atoms with Gasteiger partial charge in [-0.2, -0.15) is 0 Å². The van der Waals surface area contributed by atoms with Crippen molar-refractivity contribution in [2.45, 2.75) is 243 Å². The van der Waals surface area contributed by atoms with Crippen LogP contribution in [0.5, 0.6) is 0 Å².